The highest BCUT2D eigenvalue weighted by Crippen LogP contribution is 2.60. The molecule has 3 rings (SSSR count). The van der Waals surface area contributed by atoms with E-state index in [-0.39, 0.29) is 11.4 Å². The van der Waals surface area contributed by atoms with E-state index in [1.807, 2.05) is 68.4 Å². The fourth-order valence-electron chi connectivity index (χ4n) is 3.79. The van der Waals surface area contributed by atoms with Crippen molar-refractivity contribution in [3.8, 4) is 0 Å². The molecule has 0 fully saturated rings. The first-order valence-electron chi connectivity index (χ1n) is 9.19. The van der Waals surface area contributed by atoms with Gasteiger partial charge in [-0.3, -0.25) is 9.36 Å². The normalized spacial score (nSPS) is 22.5. The lowest BCUT2D eigenvalue weighted by atomic mass is 9.65. The Bertz CT molecular complexity index is 912. The highest BCUT2D eigenvalue weighted by molar-refractivity contribution is 7.58. The third-order valence-electron chi connectivity index (χ3n) is 5.44. The summed E-state index contributed by atoms with van der Waals surface area (Å²) in [7, 11) is -1.15. The molecule has 0 radical (unpaired) electrons. The zero-order valence-corrected chi connectivity index (χ0v) is 17.4. The Morgan fingerprint density at radius 3 is 2.18 bits per heavy atom. The second-order valence-electron chi connectivity index (χ2n) is 6.84. The summed E-state index contributed by atoms with van der Waals surface area (Å²) in [5, 5.41) is 0. The molecule has 0 aromatic heterocycles. The summed E-state index contributed by atoms with van der Waals surface area (Å²) in [5.41, 5.74) is 1.89. The number of carbonyl (C=O) groups excluding carboxylic acids is 1. The molecule has 0 saturated carbocycles. The monoisotopic (exact) mass is 400 g/mol. The maximum absolute atomic E-state index is 13.4. The Morgan fingerprint density at radius 2 is 1.64 bits per heavy atom. The Balaban J connectivity index is 2.26. The Hall–Kier alpha value is -2.20. The van der Waals surface area contributed by atoms with E-state index in [1.54, 1.807) is 6.08 Å². The summed E-state index contributed by atoms with van der Waals surface area (Å²) in [5.74, 6) is -0.837. The van der Waals surface area contributed by atoms with Gasteiger partial charge in [-0.15, -0.1) is 0 Å². The van der Waals surface area contributed by atoms with Crippen molar-refractivity contribution in [2.75, 3.05) is 14.2 Å². The molecule has 0 aliphatic carbocycles. The molecule has 0 N–H and O–H groups in total. The van der Waals surface area contributed by atoms with E-state index in [1.165, 1.54) is 14.2 Å². The Kier molecular flexibility index (Phi) is 5.90. The van der Waals surface area contributed by atoms with Crippen LogP contribution in [0.25, 0.3) is 0 Å². The van der Waals surface area contributed by atoms with Gasteiger partial charge in [0.25, 0.3) is 0 Å². The summed E-state index contributed by atoms with van der Waals surface area (Å²) < 4.78 is 28.6. The zero-order chi connectivity index (χ0) is 20.4. The van der Waals surface area contributed by atoms with Crippen molar-refractivity contribution in [2.24, 2.45) is 0 Å². The predicted octanol–water partition coefficient (Wildman–Crippen LogP) is 5.31. The summed E-state index contributed by atoms with van der Waals surface area (Å²) >= 11 is 0. The number of aryl methyl sites for hydroxylation is 1. The molecule has 0 saturated heterocycles. The van der Waals surface area contributed by atoms with Gasteiger partial charge in [-0.2, -0.15) is 0 Å². The first kappa shape index (κ1) is 20.5. The van der Waals surface area contributed by atoms with Gasteiger partial charge >= 0.3 is 13.6 Å². The van der Waals surface area contributed by atoms with Crippen LogP contribution in [0.3, 0.4) is 0 Å². The fourth-order valence-corrected chi connectivity index (χ4v) is 4.83. The van der Waals surface area contributed by atoms with Crippen LogP contribution in [0.2, 0.25) is 0 Å². The number of ether oxygens (including phenoxy) is 1. The second kappa shape index (κ2) is 8.04. The van der Waals surface area contributed by atoms with E-state index in [0.29, 0.717) is 6.42 Å². The van der Waals surface area contributed by atoms with E-state index in [0.717, 1.165) is 16.7 Å². The molecule has 148 valence electrons. The van der Waals surface area contributed by atoms with Gasteiger partial charge in [0, 0.05) is 20.1 Å². The van der Waals surface area contributed by atoms with E-state index in [9.17, 15) is 9.36 Å². The van der Waals surface area contributed by atoms with Crippen LogP contribution >= 0.6 is 7.60 Å². The molecule has 28 heavy (non-hydrogen) atoms. The molecule has 1 heterocycles. The summed E-state index contributed by atoms with van der Waals surface area (Å²) in [4.78, 5) is 13.4. The summed E-state index contributed by atoms with van der Waals surface area (Å²) in [6.45, 7) is 3.96. The van der Waals surface area contributed by atoms with Gasteiger partial charge in [0.05, 0.1) is 0 Å². The molecular weight excluding hydrogens is 375 g/mol. The van der Waals surface area contributed by atoms with Crippen LogP contribution in [0.1, 0.15) is 36.0 Å². The molecule has 1 aliphatic rings. The van der Waals surface area contributed by atoms with Gasteiger partial charge in [0.1, 0.15) is 5.41 Å². The van der Waals surface area contributed by atoms with Crippen molar-refractivity contribution in [2.45, 2.75) is 31.6 Å². The molecule has 2 aromatic carbocycles. The molecule has 1 aliphatic heterocycles. The van der Waals surface area contributed by atoms with Crippen LogP contribution in [0.5, 0.6) is 0 Å². The van der Waals surface area contributed by atoms with E-state index >= 15 is 0 Å². The maximum atomic E-state index is 13.4. The van der Waals surface area contributed by atoms with Crippen LogP contribution in [0.4, 0.5) is 0 Å². The highest BCUT2D eigenvalue weighted by atomic mass is 31.2. The number of carbonyl (C=O) groups is 1. The van der Waals surface area contributed by atoms with Gasteiger partial charge in [-0.1, -0.05) is 67.1 Å². The zero-order valence-electron chi connectivity index (χ0n) is 16.5. The fraction of sp³-hybridized carbons (Fsp3) is 0.318. The first-order chi connectivity index (χ1) is 13.4. The molecule has 0 spiro atoms. The molecular formula is C22H25O5P. The topological polar surface area (TPSA) is 61.8 Å². The van der Waals surface area contributed by atoms with Gasteiger partial charge in [-0.05, 0) is 30.5 Å². The van der Waals surface area contributed by atoms with E-state index in [4.69, 9.17) is 13.8 Å². The number of benzene rings is 2. The summed E-state index contributed by atoms with van der Waals surface area (Å²) in [6.07, 6.45) is 2.23. The van der Waals surface area contributed by atoms with Crippen molar-refractivity contribution in [1.29, 1.82) is 0 Å². The number of hydrogen-bond donors (Lipinski definition) is 0. The number of hydrogen-bond acceptors (Lipinski definition) is 5. The molecule has 0 unspecified atom stereocenters. The summed E-state index contributed by atoms with van der Waals surface area (Å²) in [6, 6.07) is 17.6. The third-order valence-corrected chi connectivity index (χ3v) is 7.18. The van der Waals surface area contributed by atoms with E-state index < -0.39 is 19.0 Å². The molecule has 6 heteroatoms. The van der Waals surface area contributed by atoms with Gasteiger partial charge < -0.3 is 13.8 Å². The van der Waals surface area contributed by atoms with Crippen LogP contribution in [0.15, 0.2) is 66.2 Å². The van der Waals surface area contributed by atoms with Crippen molar-refractivity contribution >= 4 is 13.6 Å². The van der Waals surface area contributed by atoms with Crippen LogP contribution < -0.4 is 0 Å². The number of esters is 1. The minimum absolute atomic E-state index is 0.0625. The maximum Gasteiger partial charge on any atom is 0.395 e. The second-order valence-corrected chi connectivity index (χ2v) is 9.00. The van der Waals surface area contributed by atoms with Crippen LogP contribution in [0, 0.1) is 6.92 Å². The lowest BCUT2D eigenvalue weighted by Gasteiger charge is -2.41. The van der Waals surface area contributed by atoms with Crippen molar-refractivity contribution in [3.05, 3.63) is 82.9 Å². The lowest BCUT2D eigenvalue weighted by molar-refractivity contribution is -0.148. The van der Waals surface area contributed by atoms with Gasteiger partial charge in [-0.25, -0.2) is 0 Å². The number of allylic oxidation sites excluding steroid dienone is 1. The largest absolute Gasteiger partial charge is 0.417 e. The molecule has 0 bridgehead atoms. The minimum Gasteiger partial charge on any atom is -0.417 e. The molecule has 0 amide bonds. The number of cyclic esters (lactones) is 1. The standard InChI is InChI=1S/C22H25O5P/c1-5-22(18-13-11-16(2)12-14-18)19(17-9-7-6-8-10-17)15-20(27-21(22)23)28(24,25-3)26-4/h6-15,19H,5H2,1-4H3/t19-,22-/m0/s1. The van der Waals surface area contributed by atoms with Crippen LogP contribution in [-0.4, -0.2) is 20.2 Å². The van der Waals surface area contributed by atoms with Gasteiger partial charge in [0.2, 0.25) is 5.50 Å². The Labute approximate surface area is 165 Å². The number of rotatable bonds is 6. The minimum atomic E-state index is -3.70. The average Bonchev–Trinajstić information content (AvgIpc) is 2.74. The van der Waals surface area contributed by atoms with Crippen molar-refractivity contribution in [1.82, 2.24) is 0 Å². The molecule has 2 atom stereocenters. The molecule has 2 aromatic rings. The third kappa shape index (κ3) is 3.35. The van der Waals surface area contributed by atoms with Crippen LogP contribution in [-0.2, 0) is 28.6 Å². The first-order valence-corrected chi connectivity index (χ1v) is 10.7. The van der Waals surface area contributed by atoms with Crippen molar-refractivity contribution in [3.63, 3.8) is 0 Å². The van der Waals surface area contributed by atoms with Crippen molar-refractivity contribution < 1.29 is 23.1 Å². The molecule has 5 nitrogen and oxygen atoms in total. The lowest BCUT2D eigenvalue weighted by Crippen LogP contribution is -2.44. The SMILES string of the molecule is CC[C@@]1(c2ccc(C)cc2)C(=O)OC(P(=O)(OC)OC)=C[C@H]1c1ccccc1. The smallest absolute Gasteiger partial charge is 0.395 e. The average molecular weight is 400 g/mol. The van der Waals surface area contributed by atoms with Gasteiger partial charge in [0.15, 0.2) is 0 Å². The highest BCUT2D eigenvalue weighted by Gasteiger charge is 2.52. The van der Waals surface area contributed by atoms with E-state index in [2.05, 4.69) is 0 Å². The Morgan fingerprint density at radius 1 is 1.04 bits per heavy atom. The predicted molar refractivity (Wildman–Crippen MR) is 108 cm³/mol. The quantitative estimate of drug-likeness (QED) is 0.486.